The van der Waals surface area contributed by atoms with Crippen molar-refractivity contribution in [3.8, 4) is 17.6 Å². The second-order valence-electron chi connectivity index (χ2n) is 6.55. The average molecular weight is 607 g/mol. The number of nitrogens with one attached hydrogen (secondary N) is 1. The van der Waals surface area contributed by atoms with Crippen LogP contribution in [0.3, 0.4) is 0 Å². The first-order valence-electron chi connectivity index (χ1n) is 9.33. The van der Waals surface area contributed by atoms with E-state index in [1.54, 1.807) is 12.1 Å². The highest BCUT2D eigenvalue weighted by Gasteiger charge is 2.15. The van der Waals surface area contributed by atoms with Gasteiger partial charge in [-0.2, -0.15) is 5.26 Å². The lowest BCUT2D eigenvalue weighted by Gasteiger charge is -2.14. The van der Waals surface area contributed by atoms with Gasteiger partial charge in [0.1, 0.15) is 24.1 Å². The molecule has 32 heavy (non-hydrogen) atoms. The van der Waals surface area contributed by atoms with Gasteiger partial charge < -0.3 is 14.8 Å². The number of nitriles is 1. The van der Waals surface area contributed by atoms with Crippen molar-refractivity contribution >= 4 is 56.2 Å². The van der Waals surface area contributed by atoms with E-state index < -0.39 is 11.7 Å². The molecule has 8 heteroatoms. The highest BCUT2D eigenvalue weighted by molar-refractivity contribution is 14.1. The van der Waals surface area contributed by atoms with Crippen LogP contribution >= 0.6 is 38.5 Å². The fourth-order valence-electron chi connectivity index (χ4n) is 2.78. The summed E-state index contributed by atoms with van der Waals surface area (Å²) in [5.74, 6) is 0.0340. The number of amides is 1. The van der Waals surface area contributed by atoms with Crippen LogP contribution in [0.1, 0.15) is 11.1 Å². The third kappa shape index (κ3) is 6.08. The number of ether oxygens (including phenoxy) is 2. The Bertz CT molecular complexity index is 1210. The molecule has 162 valence electrons. The van der Waals surface area contributed by atoms with Gasteiger partial charge in [0.05, 0.1) is 10.7 Å². The molecule has 1 amide bonds. The van der Waals surface area contributed by atoms with E-state index in [2.05, 4.69) is 43.8 Å². The fourth-order valence-corrected chi connectivity index (χ4v) is 3.96. The summed E-state index contributed by atoms with van der Waals surface area (Å²) in [5.41, 5.74) is 1.87. The van der Waals surface area contributed by atoms with Crippen molar-refractivity contribution in [3.63, 3.8) is 0 Å². The number of carbonyl (C=O) groups is 1. The van der Waals surface area contributed by atoms with Crippen molar-refractivity contribution < 1.29 is 18.7 Å². The maximum Gasteiger partial charge on any atom is 0.266 e. The van der Waals surface area contributed by atoms with E-state index >= 15 is 0 Å². The molecular formula is C24H17BrFIN2O3. The van der Waals surface area contributed by atoms with E-state index in [4.69, 9.17) is 9.47 Å². The Labute approximate surface area is 207 Å². The number of nitrogens with zero attached hydrogens (tertiary/aromatic N) is 1. The molecule has 3 aromatic rings. The second-order valence-corrected chi connectivity index (χ2v) is 8.56. The molecule has 0 saturated carbocycles. The van der Waals surface area contributed by atoms with Crippen molar-refractivity contribution in [2.24, 2.45) is 0 Å². The van der Waals surface area contributed by atoms with Crippen LogP contribution in [0.4, 0.5) is 10.1 Å². The van der Waals surface area contributed by atoms with Gasteiger partial charge in [0.2, 0.25) is 0 Å². The van der Waals surface area contributed by atoms with Crippen LogP contribution in [0.2, 0.25) is 0 Å². The standard InChI is InChI=1S/C24H17BrFIN2O3/c1-31-22-12-15(10-17(13-28)24(30)29-19-8-6-18(26)7-9-19)11-21(27)23(22)32-14-16-4-2-3-5-20(16)25/h2-12H,14H2,1H3,(H,29,30)/b17-10+. The molecule has 0 aliphatic heterocycles. The molecule has 0 aromatic heterocycles. The van der Waals surface area contributed by atoms with Crippen LogP contribution in [-0.2, 0) is 11.4 Å². The molecule has 0 unspecified atom stereocenters. The summed E-state index contributed by atoms with van der Waals surface area (Å²) in [6.07, 6.45) is 1.46. The highest BCUT2D eigenvalue weighted by Crippen LogP contribution is 2.35. The van der Waals surface area contributed by atoms with Crippen molar-refractivity contribution in [2.45, 2.75) is 6.61 Å². The van der Waals surface area contributed by atoms with E-state index in [0.717, 1.165) is 13.6 Å². The maximum absolute atomic E-state index is 13.0. The lowest BCUT2D eigenvalue weighted by atomic mass is 10.1. The molecule has 0 fully saturated rings. The first kappa shape index (κ1) is 23.8. The van der Waals surface area contributed by atoms with Crippen LogP contribution in [0, 0.1) is 20.7 Å². The second kappa shape index (κ2) is 11.1. The molecule has 0 atom stereocenters. The van der Waals surface area contributed by atoms with Gasteiger partial charge >= 0.3 is 0 Å². The fraction of sp³-hybridized carbons (Fsp3) is 0.0833. The molecule has 0 aliphatic carbocycles. The van der Waals surface area contributed by atoms with E-state index in [0.29, 0.717) is 29.4 Å². The number of hydrogen-bond donors (Lipinski definition) is 1. The van der Waals surface area contributed by atoms with Crippen LogP contribution < -0.4 is 14.8 Å². The number of benzene rings is 3. The molecule has 5 nitrogen and oxygen atoms in total. The van der Waals surface area contributed by atoms with Crippen LogP contribution in [0.15, 0.2) is 70.7 Å². The van der Waals surface area contributed by atoms with Crippen LogP contribution in [0.5, 0.6) is 11.5 Å². The first-order valence-corrected chi connectivity index (χ1v) is 11.2. The van der Waals surface area contributed by atoms with Gasteiger partial charge in [-0.25, -0.2) is 4.39 Å². The van der Waals surface area contributed by atoms with Crippen molar-refractivity contribution in [3.05, 3.63) is 91.2 Å². The third-order valence-electron chi connectivity index (χ3n) is 4.36. The minimum absolute atomic E-state index is 0.103. The summed E-state index contributed by atoms with van der Waals surface area (Å²) < 4.78 is 26.2. The molecule has 0 bridgehead atoms. The number of hydrogen-bond acceptors (Lipinski definition) is 4. The Morgan fingerprint density at radius 3 is 2.59 bits per heavy atom. The lowest BCUT2D eigenvalue weighted by Crippen LogP contribution is -2.13. The number of carbonyl (C=O) groups excluding carboxylic acids is 1. The normalized spacial score (nSPS) is 10.9. The Kier molecular flexibility index (Phi) is 8.25. The highest BCUT2D eigenvalue weighted by atomic mass is 127. The largest absolute Gasteiger partial charge is 0.493 e. The van der Waals surface area contributed by atoms with E-state index in [1.165, 1.54) is 37.5 Å². The van der Waals surface area contributed by atoms with Crippen molar-refractivity contribution in [1.82, 2.24) is 0 Å². The van der Waals surface area contributed by atoms with Gasteiger partial charge in [0.25, 0.3) is 5.91 Å². The van der Waals surface area contributed by atoms with Gasteiger partial charge in [-0.1, -0.05) is 34.1 Å². The predicted molar refractivity (Wildman–Crippen MR) is 133 cm³/mol. The molecule has 3 aromatic carbocycles. The number of halogens is 3. The number of anilines is 1. The van der Waals surface area contributed by atoms with Gasteiger partial charge in [-0.05, 0) is 76.7 Å². The monoisotopic (exact) mass is 606 g/mol. The van der Waals surface area contributed by atoms with Crippen molar-refractivity contribution in [1.29, 1.82) is 5.26 Å². The van der Waals surface area contributed by atoms with Crippen LogP contribution in [0.25, 0.3) is 6.08 Å². The zero-order chi connectivity index (χ0) is 23.1. The molecule has 0 spiro atoms. The molecule has 0 radical (unpaired) electrons. The van der Waals surface area contributed by atoms with Gasteiger partial charge in [-0.15, -0.1) is 0 Å². The molecule has 1 N–H and O–H groups in total. The Morgan fingerprint density at radius 1 is 1.22 bits per heavy atom. The maximum atomic E-state index is 13.0. The van der Waals surface area contributed by atoms with Gasteiger partial charge in [-0.3, -0.25) is 4.79 Å². The average Bonchev–Trinajstić information content (AvgIpc) is 2.78. The zero-order valence-electron chi connectivity index (χ0n) is 16.9. The predicted octanol–water partition coefficient (Wildman–Crippen LogP) is 6.33. The lowest BCUT2D eigenvalue weighted by molar-refractivity contribution is -0.112. The summed E-state index contributed by atoms with van der Waals surface area (Å²) in [6, 6.07) is 18.4. The Hall–Kier alpha value is -2.90. The SMILES string of the molecule is COc1cc(/C=C(\C#N)C(=O)Nc2ccc(F)cc2)cc(I)c1OCc1ccccc1Br. The first-order chi connectivity index (χ1) is 15.4. The quantitative estimate of drug-likeness (QED) is 0.194. The number of methoxy groups -OCH3 is 1. The minimum atomic E-state index is -0.595. The van der Waals surface area contributed by atoms with E-state index in [1.807, 2.05) is 30.3 Å². The van der Waals surface area contributed by atoms with Gasteiger partial charge in [0.15, 0.2) is 11.5 Å². The Morgan fingerprint density at radius 2 is 1.94 bits per heavy atom. The minimum Gasteiger partial charge on any atom is -0.493 e. The third-order valence-corrected chi connectivity index (χ3v) is 5.93. The smallest absolute Gasteiger partial charge is 0.266 e. The topological polar surface area (TPSA) is 71.3 Å². The Balaban J connectivity index is 1.82. The van der Waals surface area contributed by atoms with Gasteiger partial charge in [0, 0.05) is 15.7 Å². The molecule has 0 heterocycles. The van der Waals surface area contributed by atoms with E-state index in [-0.39, 0.29) is 5.57 Å². The zero-order valence-corrected chi connectivity index (χ0v) is 20.6. The van der Waals surface area contributed by atoms with E-state index in [9.17, 15) is 14.4 Å². The molecule has 0 aliphatic rings. The van der Waals surface area contributed by atoms with Crippen molar-refractivity contribution in [2.75, 3.05) is 12.4 Å². The number of rotatable bonds is 7. The summed E-state index contributed by atoms with van der Waals surface area (Å²) >= 11 is 5.62. The molecule has 0 saturated heterocycles. The molecular weight excluding hydrogens is 590 g/mol. The summed E-state index contributed by atoms with van der Waals surface area (Å²) in [6.45, 7) is 0.340. The summed E-state index contributed by atoms with van der Waals surface area (Å²) in [5, 5.41) is 12.0. The van der Waals surface area contributed by atoms with Crippen LogP contribution in [-0.4, -0.2) is 13.0 Å². The molecule has 3 rings (SSSR count). The summed E-state index contributed by atoms with van der Waals surface area (Å²) in [7, 11) is 1.52. The summed E-state index contributed by atoms with van der Waals surface area (Å²) in [4.78, 5) is 12.5.